The lowest BCUT2D eigenvalue weighted by molar-refractivity contribution is -0.923. The third-order valence-corrected chi connectivity index (χ3v) is 6.72. The van der Waals surface area contributed by atoms with Crippen LogP contribution >= 0.6 is 0 Å². The molecule has 1 saturated carbocycles. The fourth-order valence-electron chi connectivity index (χ4n) is 5.29. The molecule has 1 heterocycles. The zero-order chi connectivity index (χ0) is 17.5. The van der Waals surface area contributed by atoms with E-state index in [1.165, 1.54) is 6.42 Å². The Morgan fingerprint density at radius 3 is 2.08 bits per heavy atom. The highest BCUT2D eigenvalue weighted by Gasteiger charge is 2.54. The predicted molar refractivity (Wildman–Crippen MR) is 99.6 cm³/mol. The first-order chi connectivity index (χ1) is 12.1. The van der Waals surface area contributed by atoms with Gasteiger partial charge < -0.3 is 15.0 Å². The summed E-state index contributed by atoms with van der Waals surface area (Å²) >= 11 is 0. The van der Waals surface area contributed by atoms with Crippen LogP contribution < -0.4 is 0 Å². The van der Waals surface area contributed by atoms with Crippen LogP contribution in [0, 0.1) is 11.1 Å². The molecule has 132 valence electrons. The number of rotatable bonds is 4. The summed E-state index contributed by atoms with van der Waals surface area (Å²) in [7, 11) is 0. The topological polar surface area (TPSA) is 43.3 Å². The van der Waals surface area contributed by atoms with Crippen molar-refractivity contribution in [2.45, 2.75) is 50.3 Å². The molecule has 0 aromatic heterocycles. The summed E-state index contributed by atoms with van der Waals surface area (Å²) in [6.45, 7) is 2.58. The van der Waals surface area contributed by atoms with E-state index in [1.807, 2.05) is 67.6 Å². The van der Waals surface area contributed by atoms with Gasteiger partial charge in [-0.05, 0) is 30.9 Å². The number of quaternary nitrogens is 1. The molecule has 4 rings (SSSR count). The Balaban J connectivity index is 1.81. The second kappa shape index (κ2) is 6.24. The van der Waals surface area contributed by atoms with Crippen molar-refractivity contribution in [2.75, 3.05) is 6.54 Å². The van der Waals surface area contributed by atoms with Gasteiger partial charge >= 0.3 is 0 Å². The molecule has 0 radical (unpaired) electrons. The molecule has 0 bridgehead atoms. The van der Waals surface area contributed by atoms with Gasteiger partial charge in [0.25, 0.3) is 0 Å². The van der Waals surface area contributed by atoms with Gasteiger partial charge in [-0.3, -0.25) is 0 Å². The SMILES string of the molecule is C[C@@H](C(O)(c1ccccc1)c1ccccc1)[N@@+]1([O-])CC[C@@H]2CCC[C@@H]21. The zero-order valence-electron chi connectivity index (χ0n) is 14.8. The Labute approximate surface area is 150 Å². The number of hydrogen-bond donors (Lipinski definition) is 1. The Morgan fingerprint density at radius 1 is 0.960 bits per heavy atom. The summed E-state index contributed by atoms with van der Waals surface area (Å²) in [5.41, 5.74) is 0.342. The van der Waals surface area contributed by atoms with Gasteiger partial charge in [-0.1, -0.05) is 60.7 Å². The molecule has 2 fully saturated rings. The van der Waals surface area contributed by atoms with Gasteiger partial charge in [0.15, 0.2) is 5.60 Å². The summed E-state index contributed by atoms with van der Waals surface area (Å²) in [5, 5.41) is 25.9. The molecule has 2 aliphatic rings. The van der Waals surface area contributed by atoms with Crippen molar-refractivity contribution in [1.82, 2.24) is 0 Å². The van der Waals surface area contributed by atoms with Gasteiger partial charge in [-0.15, -0.1) is 0 Å². The third kappa shape index (κ3) is 2.53. The number of nitrogens with zero attached hydrogens (tertiary/aromatic N) is 1. The van der Waals surface area contributed by atoms with Crippen molar-refractivity contribution < 1.29 is 9.75 Å². The zero-order valence-corrected chi connectivity index (χ0v) is 14.8. The molecule has 1 aliphatic carbocycles. The summed E-state index contributed by atoms with van der Waals surface area (Å²) in [4.78, 5) is 0. The van der Waals surface area contributed by atoms with E-state index >= 15 is 0 Å². The Morgan fingerprint density at radius 2 is 1.52 bits per heavy atom. The van der Waals surface area contributed by atoms with Crippen molar-refractivity contribution in [1.29, 1.82) is 0 Å². The van der Waals surface area contributed by atoms with Crippen molar-refractivity contribution in [3.05, 3.63) is 77.0 Å². The van der Waals surface area contributed by atoms with Gasteiger partial charge in [0.05, 0.1) is 12.6 Å². The highest BCUT2D eigenvalue weighted by Crippen LogP contribution is 2.48. The molecule has 4 atom stereocenters. The minimum Gasteiger partial charge on any atom is -0.632 e. The van der Waals surface area contributed by atoms with E-state index in [4.69, 9.17) is 0 Å². The van der Waals surface area contributed by atoms with Crippen LogP contribution in [0.15, 0.2) is 60.7 Å². The lowest BCUT2D eigenvalue weighted by Gasteiger charge is -2.54. The number of benzene rings is 2. The molecule has 3 heteroatoms. The van der Waals surface area contributed by atoms with E-state index in [1.54, 1.807) is 0 Å². The van der Waals surface area contributed by atoms with E-state index < -0.39 is 11.6 Å². The summed E-state index contributed by atoms with van der Waals surface area (Å²) < 4.78 is -0.259. The van der Waals surface area contributed by atoms with Gasteiger partial charge in [0, 0.05) is 18.8 Å². The standard InChI is InChI=1S/C22H27NO2/c1-17(23(25)16-15-18-9-8-14-21(18)23)22(24,19-10-4-2-5-11-19)20-12-6-3-7-13-20/h2-7,10-13,17-18,21,24H,8-9,14-16H2,1H3/t17-,18-,21-,23-/m0/s1. The molecular formula is C22H27NO2. The molecule has 1 aliphatic heterocycles. The highest BCUT2D eigenvalue weighted by molar-refractivity contribution is 5.37. The molecule has 2 aromatic carbocycles. The van der Waals surface area contributed by atoms with E-state index in [0.29, 0.717) is 12.5 Å². The van der Waals surface area contributed by atoms with Crippen LogP contribution in [-0.2, 0) is 5.60 Å². The Bertz CT molecular complexity index is 678. The summed E-state index contributed by atoms with van der Waals surface area (Å²) in [6, 6.07) is 19.1. The van der Waals surface area contributed by atoms with Crippen molar-refractivity contribution in [3.63, 3.8) is 0 Å². The number of likely N-dealkylation sites (tertiary alicyclic amines) is 1. The molecule has 0 spiro atoms. The van der Waals surface area contributed by atoms with Crippen LogP contribution in [-0.4, -0.2) is 28.4 Å². The normalized spacial score (nSPS) is 30.2. The summed E-state index contributed by atoms with van der Waals surface area (Å²) in [6.07, 6.45) is 4.32. The molecular weight excluding hydrogens is 310 g/mol. The quantitative estimate of drug-likeness (QED) is 0.671. The van der Waals surface area contributed by atoms with Crippen LogP contribution in [0.4, 0.5) is 0 Å². The van der Waals surface area contributed by atoms with Crippen molar-refractivity contribution >= 4 is 0 Å². The van der Waals surface area contributed by atoms with Crippen LogP contribution in [0.5, 0.6) is 0 Å². The average Bonchev–Trinajstić information content (AvgIpc) is 3.27. The third-order valence-electron chi connectivity index (χ3n) is 6.72. The largest absolute Gasteiger partial charge is 0.632 e. The molecule has 3 nitrogen and oxygen atoms in total. The monoisotopic (exact) mass is 337 g/mol. The number of hydroxylamine groups is 3. The van der Waals surface area contributed by atoms with Crippen LogP contribution in [0.3, 0.4) is 0 Å². The van der Waals surface area contributed by atoms with E-state index in [2.05, 4.69) is 0 Å². The average molecular weight is 337 g/mol. The van der Waals surface area contributed by atoms with Gasteiger partial charge in [0.2, 0.25) is 0 Å². The maximum absolute atomic E-state index is 14.0. The van der Waals surface area contributed by atoms with Gasteiger partial charge in [-0.2, -0.15) is 0 Å². The maximum atomic E-state index is 14.0. The molecule has 0 unspecified atom stereocenters. The molecule has 1 saturated heterocycles. The first-order valence-electron chi connectivity index (χ1n) is 9.48. The Kier molecular flexibility index (Phi) is 4.19. The number of fused-ring (bicyclic) bond motifs is 1. The maximum Gasteiger partial charge on any atom is 0.166 e. The van der Waals surface area contributed by atoms with Gasteiger partial charge in [-0.25, -0.2) is 0 Å². The second-order valence-electron chi connectivity index (χ2n) is 7.80. The second-order valence-corrected chi connectivity index (χ2v) is 7.80. The number of aliphatic hydroxyl groups is 1. The molecule has 1 N–H and O–H groups in total. The highest BCUT2D eigenvalue weighted by atomic mass is 16.6. The molecule has 2 aromatic rings. The predicted octanol–water partition coefficient (Wildman–Crippen LogP) is 4.20. The molecule has 25 heavy (non-hydrogen) atoms. The molecule has 0 amide bonds. The van der Waals surface area contributed by atoms with Crippen LogP contribution in [0.1, 0.15) is 43.7 Å². The minimum atomic E-state index is -1.28. The van der Waals surface area contributed by atoms with Crippen molar-refractivity contribution in [2.24, 2.45) is 5.92 Å². The van der Waals surface area contributed by atoms with Crippen molar-refractivity contribution in [3.8, 4) is 0 Å². The minimum absolute atomic E-state index is 0.147. The van der Waals surface area contributed by atoms with Crippen LogP contribution in [0.2, 0.25) is 0 Å². The summed E-state index contributed by atoms with van der Waals surface area (Å²) in [5.74, 6) is 0.538. The fraction of sp³-hybridized carbons (Fsp3) is 0.455. The fourth-order valence-corrected chi connectivity index (χ4v) is 5.29. The van der Waals surface area contributed by atoms with E-state index in [0.717, 1.165) is 30.4 Å². The lowest BCUT2D eigenvalue weighted by atomic mass is 9.79. The smallest absolute Gasteiger partial charge is 0.166 e. The van der Waals surface area contributed by atoms with E-state index in [-0.39, 0.29) is 10.7 Å². The lowest BCUT2D eigenvalue weighted by Crippen LogP contribution is -2.61. The van der Waals surface area contributed by atoms with E-state index in [9.17, 15) is 10.3 Å². The number of hydrogen-bond acceptors (Lipinski definition) is 2. The Hall–Kier alpha value is -1.68. The first kappa shape index (κ1) is 16.8. The van der Waals surface area contributed by atoms with Gasteiger partial charge in [0.1, 0.15) is 6.04 Å². The van der Waals surface area contributed by atoms with Crippen LogP contribution in [0.25, 0.3) is 0 Å². The first-order valence-corrected chi connectivity index (χ1v) is 9.48.